The minimum atomic E-state index is -3.18. The highest BCUT2D eigenvalue weighted by Gasteiger charge is 2.28. The lowest BCUT2D eigenvalue weighted by Gasteiger charge is -2.16. The summed E-state index contributed by atoms with van der Waals surface area (Å²) in [6.07, 6.45) is 3.78. The molecule has 0 radical (unpaired) electrons. The molecule has 0 aromatic heterocycles. The molecule has 0 atom stereocenters. The van der Waals surface area contributed by atoms with Gasteiger partial charge in [0.15, 0.2) is 0 Å². The van der Waals surface area contributed by atoms with E-state index in [0.717, 1.165) is 15.8 Å². The second kappa shape index (κ2) is 9.25. The summed E-state index contributed by atoms with van der Waals surface area (Å²) in [5.74, 6) is 0.711. The van der Waals surface area contributed by atoms with Gasteiger partial charge in [-0.15, -0.1) is 0 Å². The van der Waals surface area contributed by atoms with Crippen LogP contribution < -0.4 is 14.4 Å². The van der Waals surface area contributed by atoms with E-state index < -0.39 is 10.0 Å². The maximum absolute atomic E-state index is 11.9. The molecule has 2 aromatic carbocycles. The van der Waals surface area contributed by atoms with E-state index in [1.807, 2.05) is 24.3 Å². The van der Waals surface area contributed by atoms with Crippen molar-refractivity contribution in [2.24, 2.45) is 0 Å². The number of halogens is 1. The third-order valence-electron chi connectivity index (χ3n) is 4.17. The summed E-state index contributed by atoms with van der Waals surface area (Å²) in [6, 6.07) is 14.6. The molecule has 148 valence electrons. The highest BCUT2D eigenvalue weighted by atomic mass is 79.9. The van der Waals surface area contributed by atoms with E-state index in [-0.39, 0.29) is 11.7 Å². The van der Waals surface area contributed by atoms with Gasteiger partial charge in [0.2, 0.25) is 15.9 Å². The first kappa shape index (κ1) is 20.4. The van der Waals surface area contributed by atoms with Crippen LogP contribution in [0.25, 0.3) is 6.08 Å². The standard InChI is InChI=1S/C20H21BrN2O4S/c21-17-3-1-4-19(15-17)27-13-11-22-20(24)10-7-16-5-8-18(9-6-16)23-12-2-14-28(23,25)26/h1,3-10,15H,2,11-14H2,(H,22,24)/b10-7+. The van der Waals surface area contributed by atoms with Crippen LogP contribution >= 0.6 is 15.9 Å². The average Bonchev–Trinajstić information content (AvgIpc) is 3.03. The molecule has 1 aliphatic rings. The quantitative estimate of drug-likeness (QED) is 0.504. The first-order valence-corrected chi connectivity index (χ1v) is 11.3. The van der Waals surface area contributed by atoms with Crippen molar-refractivity contribution in [3.63, 3.8) is 0 Å². The Kier molecular flexibility index (Phi) is 6.74. The summed E-state index contributed by atoms with van der Waals surface area (Å²) >= 11 is 3.37. The van der Waals surface area contributed by atoms with E-state index in [2.05, 4.69) is 21.2 Å². The number of nitrogens with one attached hydrogen (secondary N) is 1. The molecular formula is C20H21BrN2O4S. The Labute approximate surface area is 173 Å². The lowest BCUT2D eigenvalue weighted by molar-refractivity contribution is -0.116. The number of carbonyl (C=O) groups excluding carboxylic acids is 1. The van der Waals surface area contributed by atoms with Crippen molar-refractivity contribution >= 4 is 43.6 Å². The number of ether oxygens (including phenoxy) is 1. The molecule has 1 heterocycles. The van der Waals surface area contributed by atoms with Gasteiger partial charge in [-0.05, 0) is 48.4 Å². The van der Waals surface area contributed by atoms with E-state index in [0.29, 0.717) is 31.8 Å². The van der Waals surface area contributed by atoms with Gasteiger partial charge < -0.3 is 10.1 Å². The molecule has 8 heteroatoms. The van der Waals surface area contributed by atoms with Gasteiger partial charge in [0.25, 0.3) is 0 Å². The van der Waals surface area contributed by atoms with Crippen LogP contribution in [0.5, 0.6) is 5.75 Å². The monoisotopic (exact) mass is 464 g/mol. The molecule has 0 spiro atoms. The highest BCUT2D eigenvalue weighted by Crippen LogP contribution is 2.24. The molecule has 3 rings (SSSR count). The minimum Gasteiger partial charge on any atom is -0.492 e. The predicted molar refractivity (Wildman–Crippen MR) is 114 cm³/mol. The zero-order valence-corrected chi connectivity index (χ0v) is 17.6. The Morgan fingerprint density at radius 3 is 2.68 bits per heavy atom. The molecule has 1 aliphatic heterocycles. The van der Waals surface area contributed by atoms with Crippen molar-refractivity contribution in [1.29, 1.82) is 0 Å². The van der Waals surface area contributed by atoms with Gasteiger partial charge in [0.1, 0.15) is 12.4 Å². The summed E-state index contributed by atoms with van der Waals surface area (Å²) < 4.78 is 31.8. The summed E-state index contributed by atoms with van der Waals surface area (Å²) in [5, 5.41) is 2.75. The fraction of sp³-hybridized carbons (Fsp3) is 0.250. The fourth-order valence-corrected chi connectivity index (χ4v) is 4.75. The van der Waals surface area contributed by atoms with Gasteiger partial charge in [0, 0.05) is 17.1 Å². The number of hydrogen-bond donors (Lipinski definition) is 1. The Morgan fingerprint density at radius 2 is 2.00 bits per heavy atom. The average molecular weight is 465 g/mol. The van der Waals surface area contributed by atoms with Crippen LogP contribution in [0.2, 0.25) is 0 Å². The second-order valence-electron chi connectivity index (χ2n) is 6.26. The minimum absolute atomic E-state index is 0.195. The van der Waals surface area contributed by atoms with Gasteiger partial charge in [-0.1, -0.05) is 34.1 Å². The van der Waals surface area contributed by atoms with Crippen molar-refractivity contribution in [2.45, 2.75) is 6.42 Å². The Bertz CT molecular complexity index is 958. The SMILES string of the molecule is O=C(/C=C/c1ccc(N2CCCS2(=O)=O)cc1)NCCOc1cccc(Br)c1. The smallest absolute Gasteiger partial charge is 0.244 e. The summed E-state index contributed by atoms with van der Waals surface area (Å²) in [4.78, 5) is 11.9. The maximum Gasteiger partial charge on any atom is 0.244 e. The fourth-order valence-electron chi connectivity index (χ4n) is 2.81. The molecule has 2 aromatic rings. The van der Waals surface area contributed by atoms with Crippen LogP contribution in [-0.4, -0.2) is 39.8 Å². The van der Waals surface area contributed by atoms with Crippen molar-refractivity contribution in [2.75, 3.05) is 29.8 Å². The third kappa shape index (κ3) is 5.59. The number of sulfonamides is 1. The van der Waals surface area contributed by atoms with Crippen LogP contribution in [0.15, 0.2) is 59.1 Å². The van der Waals surface area contributed by atoms with Gasteiger partial charge in [-0.3, -0.25) is 9.10 Å². The lowest BCUT2D eigenvalue weighted by Crippen LogP contribution is -2.26. The predicted octanol–water partition coefficient (Wildman–Crippen LogP) is 3.20. The zero-order valence-electron chi connectivity index (χ0n) is 15.2. The largest absolute Gasteiger partial charge is 0.492 e. The summed E-state index contributed by atoms with van der Waals surface area (Å²) in [5.41, 5.74) is 1.48. The Balaban J connectivity index is 1.45. The first-order valence-electron chi connectivity index (χ1n) is 8.89. The molecule has 1 saturated heterocycles. The van der Waals surface area contributed by atoms with E-state index >= 15 is 0 Å². The number of nitrogens with zero attached hydrogens (tertiary/aromatic N) is 1. The van der Waals surface area contributed by atoms with Crippen LogP contribution in [0.3, 0.4) is 0 Å². The molecule has 6 nitrogen and oxygen atoms in total. The first-order chi connectivity index (χ1) is 13.4. The van der Waals surface area contributed by atoms with Gasteiger partial charge >= 0.3 is 0 Å². The van der Waals surface area contributed by atoms with Crippen LogP contribution in [0, 0.1) is 0 Å². The van der Waals surface area contributed by atoms with Crippen LogP contribution in [0.4, 0.5) is 5.69 Å². The topological polar surface area (TPSA) is 75.7 Å². The number of benzene rings is 2. The molecule has 0 saturated carbocycles. The van der Waals surface area contributed by atoms with Crippen LogP contribution in [0.1, 0.15) is 12.0 Å². The van der Waals surface area contributed by atoms with E-state index in [1.165, 1.54) is 10.4 Å². The summed E-state index contributed by atoms with van der Waals surface area (Å²) in [6.45, 7) is 1.28. The lowest BCUT2D eigenvalue weighted by atomic mass is 10.2. The molecule has 1 N–H and O–H groups in total. The van der Waals surface area contributed by atoms with Crippen molar-refractivity contribution in [1.82, 2.24) is 5.32 Å². The second-order valence-corrected chi connectivity index (χ2v) is 9.19. The Morgan fingerprint density at radius 1 is 1.21 bits per heavy atom. The number of carbonyl (C=O) groups is 1. The summed E-state index contributed by atoms with van der Waals surface area (Å²) in [7, 11) is -3.18. The normalized spacial score (nSPS) is 15.7. The zero-order chi connectivity index (χ0) is 20.0. The molecule has 0 bridgehead atoms. The molecule has 1 amide bonds. The van der Waals surface area contributed by atoms with E-state index in [1.54, 1.807) is 30.3 Å². The molecule has 0 unspecified atom stereocenters. The van der Waals surface area contributed by atoms with Gasteiger partial charge in [-0.2, -0.15) is 0 Å². The van der Waals surface area contributed by atoms with Gasteiger partial charge in [0.05, 0.1) is 18.0 Å². The van der Waals surface area contributed by atoms with Crippen molar-refractivity contribution in [3.8, 4) is 5.75 Å². The maximum atomic E-state index is 11.9. The molecular weight excluding hydrogens is 444 g/mol. The van der Waals surface area contributed by atoms with Crippen molar-refractivity contribution in [3.05, 3.63) is 64.6 Å². The molecule has 28 heavy (non-hydrogen) atoms. The van der Waals surface area contributed by atoms with Crippen molar-refractivity contribution < 1.29 is 17.9 Å². The number of anilines is 1. The van der Waals surface area contributed by atoms with E-state index in [9.17, 15) is 13.2 Å². The Hall–Kier alpha value is -2.32. The van der Waals surface area contributed by atoms with Crippen LogP contribution in [-0.2, 0) is 14.8 Å². The number of amides is 1. The number of rotatable bonds is 7. The van der Waals surface area contributed by atoms with E-state index in [4.69, 9.17) is 4.74 Å². The number of hydrogen-bond acceptors (Lipinski definition) is 4. The highest BCUT2D eigenvalue weighted by molar-refractivity contribution is 9.10. The third-order valence-corrected chi connectivity index (χ3v) is 6.54. The molecule has 1 fully saturated rings. The molecule has 0 aliphatic carbocycles. The van der Waals surface area contributed by atoms with Gasteiger partial charge in [-0.25, -0.2) is 8.42 Å².